The largest absolute Gasteiger partial charge is 0.508 e. The smallest absolute Gasteiger partial charge is 0.340 e. The first-order valence-electron chi connectivity index (χ1n) is 19.3. The third kappa shape index (κ3) is 5.85. The van der Waals surface area contributed by atoms with Crippen molar-refractivity contribution >= 4 is 17.5 Å². The molecule has 0 unspecified atom stereocenters. The average molecular weight is 697 g/mol. The van der Waals surface area contributed by atoms with Crippen LogP contribution in [0.5, 0.6) is 5.75 Å². The van der Waals surface area contributed by atoms with Gasteiger partial charge in [0, 0.05) is 23.7 Å². The Morgan fingerprint density at radius 3 is 2.40 bits per heavy atom. The summed E-state index contributed by atoms with van der Waals surface area (Å²) in [5.41, 5.74) is 6.67. The van der Waals surface area contributed by atoms with Crippen molar-refractivity contribution in [3.8, 4) is 16.9 Å². The minimum atomic E-state index is -0.810. The number of aliphatic hydroxyl groups excluding tert-OH is 1. The Bertz CT molecular complexity index is 1980. The highest BCUT2D eigenvalue weighted by molar-refractivity contribution is 6.07. The highest BCUT2D eigenvalue weighted by atomic mass is 16.5. The van der Waals surface area contributed by atoms with Gasteiger partial charge in [0.25, 0.3) is 0 Å². The molecule has 6 nitrogen and oxygen atoms in total. The molecule has 2 N–H and O–H groups in total. The fourth-order valence-corrected chi connectivity index (χ4v) is 10.1. The number of carbonyl (C=O) groups is 2. The number of cyclic esters (lactones) is 2. The summed E-state index contributed by atoms with van der Waals surface area (Å²) < 4.78 is 12.6. The Hall–Kier alpha value is -4.68. The molecule has 268 valence electrons. The Morgan fingerprint density at radius 1 is 0.865 bits per heavy atom. The lowest BCUT2D eigenvalue weighted by molar-refractivity contribution is -0.135. The fraction of sp³-hybridized carbons (Fsp3) is 0.391. The molecule has 9 rings (SSSR count). The summed E-state index contributed by atoms with van der Waals surface area (Å²) in [6, 6.07) is 26.1. The highest BCUT2D eigenvalue weighted by Gasteiger charge is 2.68. The monoisotopic (exact) mass is 696 g/mol. The maximum atomic E-state index is 14.6. The van der Waals surface area contributed by atoms with Crippen LogP contribution in [0.15, 0.2) is 119 Å². The number of carbonyl (C=O) groups excluding carboxylic acids is 2. The van der Waals surface area contributed by atoms with Crippen LogP contribution in [0.3, 0.4) is 0 Å². The van der Waals surface area contributed by atoms with Crippen molar-refractivity contribution in [3.63, 3.8) is 0 Å². The van der Waals surface area contributed by atoms with Gasteiger partial charge in [0.1, 0.15) is 17.3 Å². The van der Waals surface area contributed by atoms with Crippen molar-refractivity contribution in [2.45, 2.75) is 77.6 Å². The quantitative estimate of drug-likeness (QED) is 0.145. The van der Waals surface area contributed by atoms with Gasteiger partial charge in [-0.05, 0) is 128 Å². The van der Waals surface area contributed by atoms with Gasteiger partial charge < -0.3 is 19.7 Å². The van der Waals surface area contributed by atoms with Gasteiger partial charge in [-0.3, -0.25) is 0 Å². The Morgan fingerprint density at radius 2 is 1.63 bits per heavy atom. The first-order chi connectivity index (χ1) is 25.4. The topological polar surface area (TPSA) is 93.1 Å². The normalized spacial score (nSPS) is 26.8. The minimum absolute atomic E-state index is 0.0192. The van der Waals surface area contributed by atoms with Gasteiger partial charge in [-0.25, -0.2) is 9.59 Å². The summed E-state index contributed by atoms with van der Waals surface area (Å²) in [6.45, 7) is 2.39. The summed E-state index contributed by atoms with van der Waals surface area (Å²) in [6.07, 6.45) is 13.8. The summed E-state index contributed by atoms with van der Waals surface area (Å²) in [5, 5.41) is 20.1. The number of aliphatic hydroxyl groups is 1. The molecule has 0 amide bonds. The zero-order valence-corrected chi connectivity index (χ0v) is 30.0. The van der Waals surface area contributed by atoms with Gasteiger partial charge in [-0.1, -0.05) is 86.5 Å². The molecule has 6 heteroatoms. The second-order valence-corrected chi connectivity index (χ2v) is 15.2. The van der Waals surface area contributed by atoms with Crippen LogP contribution in [0.25, 0.3) is 16.7 Å². The van der Waals surface area contributed by atoms with Gasteiger partial charge in [-0.2, -0.15) is 0 Å². The molecule has 2 heterocycles. The lowest BCUT2D eigenvalue weighted by atomic mass is 9.44. The predicted molar refractivity (Wildman–Crippen MR) is 201 cm³/mol. The Balaban J connectivity index is 1.29. The predicted octanol–water partition coefficient (Wildman–Crippen LogP) is 9.64. The number of rotatable bonds is 12. The number of allylic oxidation sites excluding steroid dienone is 5. The number of aromatic hydroxyl groups is 1. The molecule has 5 atom stereocenters. The molecule has 3 aromatic carbocycles. The van der Waals surface area contributed by atoms with Gasteiger partial charge in [0.15, 0.2) is 0 Å². The van der Waals surface area contributed by atoms with Crippen LogP contribution in [-0.4, -0.2) is 28.8 Å². The average Bonchev–Trinajstić information content (AvgIpc) is 3.65. The van der Waals surface area contributed by atoms with E-state index in [2.05, 4.69) is 55.5 Å². The van der Waals surface area contributed by atoms with Crippen LogP contribution in [0.1, 0.15) is 82.3 Å². The van der Waals surface area contributed by atoms with Crippen LogP contribution < -0.4 is 0 Å². The lowest BCUT2D eigenvalue weighted by Gasteiger charge is -2.56. The third-order valence-corrected chi connectivity index (χ3v) is 12.4. The van der Waals surface area contributed by atoms with Gasteiger partial charge in [0.05, 0.1) is 11.0 Å². The van der Waals surface area contributed by atoms with Crippen molar-refractivity contribution in [2.75, 3.05) is 6.61 Å². The molecule has 1 spiro atoms. The van der Waals surface area contributed by atoms with Crippen molar-refractivity contribution in [1.29, 1.82) is 0 Å². The molecule has 2 bridgehead atoms. The number of fused-ring (bicyclic) bond motifs is 1. The van der Waals surface area contributed by atoms with Crippen LogP contribution in [0.2, 0.25) is 0 Å². The summed E-state index contributed by atoms with van der Waals surface area (Å²) >= 11 is 0. The highest BCUT2D eigenvalue weighted by Crippen LogP contribution is 2.72. The number of benzene rings is 3. The standard InChI is InChI=1S/C46H48O6/c1-2-29(26-30-14-8-6-9-15-30)27-39-46-24-23-34(35-21-22-36-38(18-12-4-3-5-13-25-47)51-44(49)41(36)42(35)46)40(43(46)45(50)52-39)37-28-32(48)19-20-33(37)31-16-10-7-11-17-31/h6-11,14-20,27-29,34-35,42,47-48H,2-5,12-13,21-26H2,1H3/t29-,34+,35+,42+,46+/m0/s1. The van der Waals surface area contributed by atoms with E-state index in [1.807, 2.05) is 36.4 Å². The maximum absolute atomic E-state index is 14.6. The summed E-state index contributed by atoms with van der Waals surface area (Å²) in [5.74, 6) is 0.942. The van der Waals surface area contributed by atoms with E-state index >= 15 is 0 Å². The molecule has 1 saturated carbocycles. The minimum Gasteiger partial charge on any atom is -0.508 e. The van der Waals surface area contributed by atoms with Gasteiger partial charge in [-0.15, -0.1) is 0 Å². The first-order valence-corrected chi connectivity index (χ1v) is 19.3. The molecular weight excluding hydrogens is 649 g/mol. The third-order valence-electron chi connectivity index (χ3n) is 12.4. The van der Waals surface area contributed by atoms with E-state index in [0.29, 0.717) is 23.5 Å². The summed E-state index contributed by atoms with van der Waals surface area (Å²) in [7, 11) is 0. The summed E-state index contributed by atoms with van der Waals surface area (Å²) in [4.78, 5) is 28.7. The molecule has 6 aliphatic rings. The fourth-order valence-electron chi connectivity index (χ4n) is 10.1. The zero-order chi connectivity index (χ0) is 35.8. The number of hydrogen-bond donors (Lipinski definition) is 2. The van der Waals surface area contributed by atoms with Crippen molar-refractivity contribution < 1.29 is 29.3 Å². The van der Waals surface area contributed by atoms with E-state index in [-0.39, 0.29) is 48.0 Å². The second kappa shape index (κ2) is 14.4. The van der Waals surface area contributed by atoms with Crippen molar-refractivity contribution in [2.24, 2.45) is 29.1 Å². The molecule has 4 aliphatic carbocycles. The maximum Gasteiger partial charge on any atom is 0.340 e. The van der Waals surface area contributed by atoms with E-state index in [4.69, 9.17) is 14.6 Å². The molecule has 2 aliphatic heterocycles. The van der Waals surface area contributed by atoms with Gasteiger partial charge >= 0.3 is 11.9 Å². The lowest BCUT2D eigenvalue weighted by Crippen LogP contribution is -2.52. The number of hydrogen-bond acceptors (Lipinski definition) is 6. The van der Waals surface area contributed by atoms with Crippen LogP contribution in [0, 0.1) is 29.1 Å². The van der Waals surface area contributed by atoms with Crippen LogP contribution >= 0.6 is 0 Å². The van der Waals surface area contributed by atoms with Gasteiger partial charge in [0.2, 0.25) is 0 Å². The number of ether oxygens (including phenoxy) is 2. The van der Waals surface area contributed by atoms with Crippen molar-refractivity contribution in [3.05, 3.63) is 130 Å². The van der Waals surface area contributed by atoms with E-state index in [1.165, 1.54) is 5.56 Å². The molecule has 1 saturated heterocycles. The molecule has 3 aromatic rings. The van der Waals surface area contributed by atoms with E-state index in [9.17, 15) is 14.7 Å². The zero-order valence-electron chi connectivity index (χ0n) is 30.0. The number of phenolic OH excluding ortho intramolecular Hbond substituents is 1. The van der Waals surface area contributed by atoms with Crippen molar-refractivity contribution in [1.82, 2.24) is 0 Å². The number of unbranched alkanes of at least 4 members (excludes halogenated alkanes) is 4. The molecule has 0 aromatic heterocycles. The molecular formula is C46H48O6. The number of phenols is 1. The first kappa shape index (κ1) is 34.4. The Labute approximate surface area is 306 Å². The van der Waals surface area contributed by atoms with E-state index in [1.54, 1.807) is 6.07 Å². The SMILES string of the molecule is CC[C@H](C=C1OC(=O)C2=C(c3cc(O)ccc3-c3ccccc3)[C@@H]3CC[C@]12[C@H]1C2=C(CC[C@H]31)C(=CCCCCCCO)OC2=O)Cc1ccccc1. The van der Waals surface area contributed by atoms with E-state index < -0.39 is 5.41 Å². The molecule has 2 fully saturated rings. The molecule has 0 radical (unpaired) electrons. The van der Waals surface area contributed by atoms with E-state index in [0.717, 1.165) is 97.6 Å². The Kier molecular flexibility index (Phi) is 9.52. The number of esters is 2. The molecule has 52 heavy (non-hydrogen) atoms. The van der Waals surface area contributed by atoms with Crippen LogP contribution in [-0.2, 0) is 25.5 Å². The second-order valence-electron chi connectivity index (χ2n) is 15.2. The van der Waals surface area contributed by atoms with Crippen LogP contribution in [0.4, 0.5) is 0 Å².